The van der Waals surface area contributed by atoms with Gasteiger partial charge in [-0.05, 0) is 65.0 Å². The molecule has 5 amide bonds. The van der Waals surface area contributed by atoms with Crippen LogP contribution in [0.4, 0.5) is 0 Å². The first kappa shape index (κ1) is 31.8. The lowest BCUT2D eigenvalue weighted by atomic mass is 9.92. The molecule has 4 aliphatic heterocycles. The zero-order chi connectivity index (χ0) is 29.2. The molecule has 0 radical (unpaired) electrons. The molecule has 4 saturated heterocycles. The van der Waals surface area contributed by atoms with Gasteiger partial charge in [0.1, 0.15) is 0 Å². The van der Waals surface area contributed by atoms with Gasteiger partial charge >= 0.3 is 0 Å². The Morgan fingerprint density at radius 2 is 0.925 bits per heavy atom. The third-order valence-electron chi connectivity index (χ3n) is 8.89. The molecular weight excluding hydrogens is 512 g/mol. The highest BCUT2D eigenvalue weighted by Crippen LogP contribution is 2.24. The molecule has 4 rings (SSSR count). The van der Waals surface area contributed by atoms with Gasteiger partial charge in [-0.1, -0.05) is 0 Å². The van der Waals surface area contributed by atoms with Crippen LogP contribution in [0.1, 0.15) is 58.3 Å². The smallest absolute Gasteiger partial charge is 0.227 e. The van der Waals surface area contributed by atoms with Crippen LogP contribution in [0.25, 0.3) is 0 Å². The number of nitrogens with one attached hydrogen (secondary N) is 2. The summed E-state index contributed by atoms with van der Waals surface area (Å²) < 4.78 is 0. The van der Waals surface area contributed by atoms with Crippen LogP contribution in [-0.2, 0) is 24.0 Å². The Labute approximate surface area is 239 Å². The zero-order valence-electron chi connectivity index (χ0n) is 25.0. The van der Waals surface area contributed by atoms with Crippen LogP contribution in [0.2, 0.25) is 0 Å². The van der Waals surface area contributed by atoms with Gasteiger partial charge in [-0.25, -0.2) is 0 Å². The van der Waals surface area contributed by atoms with E-state index in [0.717, 1.165) is 84.1 Å². The maximum atomic E-state index is 12.6. The highest BCUT2D eigenvalue weighted by Gasteiger charge is 2.35. The Morgan fingerprint density at radius 1 is 0.550 bits per heavy atom. The number of piperidine rings is 4. The van der Waals surface area contributed by atoms with Crippen LogP contribution in [0.5, 0.6) is 0 Å². The first-order valence-corrected chi connectivity index (χ1v) is 15.1. The number of nitrogens with zero attached hydrogens (tertiary/aromatic N) is 4. The Hall–Kier alpha value is -2.69. The third-order valence-corrected chi connectivity index (χ3v) is 8.89. The normalized spacial score (nSPS) is 27.6. The molecule has 0 aromatic heterocycles. The average Bonchev–Trinajstić information content (AvgIpc) is 3.00. The van der Waals surface area contributed by atoms with E-state index in [0.29, 0.717) is 19.6 Å². The number of hydrogen-bond acceptors (Lipinski definition) is 6. The van der Waals surface area contributed by atoms with Crippen molar-refractivity contribution < 1.29 is 24.0 Å². The Bertz CT molecular complexity index is 913. The second kappa shape index (κ2) is 15.3. The van der Waals surface area contributed by atoms with E-state index in [-0.39, 0.29) is 53.2 Å². The second-order valence-electron chi connectivity index (χ2n) is 11.9. The van der Waals surface area contributed by atoms with E-state index in [1.807, 2.05) is 9.80 Å². The minimum atomic E-state index is -0.105. The molecule has 0 saturated carbocycles. The molecule has 0 unspecified atom stereocenters. The fraction of sp³-hybridized carbons (Fsp3) is 0.828. The summed E-state index contributed by atoms with van der Waals surface area (Å²) in [5.74, 6) is 0.376. The van der Waals surface area contributed by atoms with Crippen LogP contribution in [0.15, 0.2) is 0 Å². The highest BCUT2D eigenvalue weighted by atomic mass is 16.2. The second-order valence-corrected chi connectivity index (χ2v) is 11.9. The molecule has 0 aromatic carbocycles. The summed E-state index contributed by atoms with van der Waals surface area (Å²) >= 11 is 0. The average molecular weight is 563 g/mol. The minimum absolute atomic E-state index is 0.0153. The van der Waals surface area contributed by atoms with Crippen molar-refractivity contribution in [2.75, 3.05) is 73.5 Å². The lowest BCUT2D eigenvalue weighted by molar-refractivity contribution is -0.143. The number of likely N-dealkylation sites (tertiary alicyclic amines) is 4. The molecule has 4 heterocycles. The van der Waals surface area contributed by atoms with Gasteiger partial charge < -0.3 is 30.2 Å². The van der Waals surface area contributed by atoms with Gasteiger partial charge in [-0.15, -0.1) is 0 Å². The Balaban J connectivity index is 0.000000222. The third kappa shape index (κ3) is 8.65. The summed E-state index contributed by atoms with van der Waals surface area (Å²) in [5.41, 5.74) is 0. The number of carbonyl (C=O) groups is 5. The summed E-state index contributed by atoms with van der Waals surface area (Å²) in [5, 5.41) is 5.36. The number of hydrogen-bond donors (Lipinski definition) is 2. The van der Waals surface area contributed by atoms with Crippen LogP contribution in [-0.4, -0.2) is 123 Å². The highest BCUT2D eigenvalue weighted by molar-refractivity contribution is 5.83. The van der Waals surface area contributed by atoms with E-state index in [9.17, 15) is 24.0 Å². The first-order valence-electron chi connectivity index (χ1n) is 15.1. The fourth-order valence-corrected chi connectivity index (χ4v) is 6.54. The molecule has 0 spiro atoms. The molecule has 11 heteroatoms. The number of rotatable bonds is 4. The lowest BCUT2D eigenvalue weighted by Gasteiger charge is -2.37. The predicted octanol–water partition coefficient (Wildman–Crippen LogP) is 0.542. The van der Waals surface area contributed by atoms with Gasteiger partial charge in [0, 0.05) is 66.8 Å². The quantitative estimate of drug-likeness (QED) is 0.516. The molecule has 4 atom stereocenters. The van der Waals surface area contributed by atoms with Gasteiger partial charge in [0.25, 0.3) is 0 Å². The molecule has 0 bridgehead atoms. The molecule has 0 aliphatic carbocycles. The van der Waals surface area contributed by atoms with E-state index < -0.39 is 0 Å². The topological polar surface area (TPSA) is 122 Å². The molecule has 4 fully saturated rings. The maximum absolute atomic E-state index is 12.6. The van der Waals surface area contributed by atoms with E-state index in [1.54, 1.807) is 25.9 Å². The van der Waals surface area contributed by atoms with Crippen molar-refractivity contribution in [3.05, 3.63) is 0 Å². The summed E-state index contributed by atoms with van der Waals surface area (Å²) in [6, 6.07) is 0. The molecule has 11 nitrogen and oxygen atoms in total. The van der Waals surface area contributed by atoms with Gasteiger partial charge in [0.15, 0.2) is 0 Å². The fourth-order valence-electron chi connectivity index (χ4n) is 6.54. The number of amides is 5. The van der Waals surface area contributed by atoms with E-state index >= 15 is 0 Å². The summed E-state index contributed by atoms with van der Waals surface area (Å²) in [6.45, 7) is 7.42. The van der Waals surface area contributed by atoms with Crippen molar-refractivity contribution in [1.82, 2.24) is 30.2 Å². The standard InChI is InChI=1S/C15H25N3O3.C14H25N3O2/c1-11(19)17-7-4-6-13(10-17)15(21)18-8-3-5-12(9-18)14(20)16-2;1-15-13(18)11-5-4-8-17(10-11)14(19)12-6-3-7-16(2)9-12/h12-13H,3-10H2,1-2H3,(H,16,20);11-12H,3-10H2,1-2H3,(H,15,18)/t12-,13+;11-,12+/m00/s1. The van der Waals surface area contributed by atoms with Gasteiger partial charge in [-0.2, -0.15) is 0 Å². The summed E-state index contributed by atoms with van der Waals surface area (Å²) in [7, 11) is 5.37. The van der Waals surface area contributed by atoms with Gasteiger partial charge in [0.2, 0.25) is 29.5 Å². The van der Waals surface area contributed by atoms with Crippen LogP contribution in [0, 0.1) is 23.7 Å². The van der Waals surface area contributed by atoms with E-state index in [1.165, 1.54) is 0 Å². The van der Waals surface area contributed by atoms with Crippen molar-refractivity contribution in [3.8, 4) is 0 Å². The van der Waals surface area contributed by atoms with Crippen molar-refractivity contribution in [2.45, 2.75) is 58.3 Å². The molecule has 2 N–H and O–H groups in total. The summed E-state index contributed by atoms with van der Waals surface area (Å²) in [4.78, 5) is 67.8. The van der Waals surface area contributed by atoms with Crippen LogP contribution >= 0.6 is 0 Å². The SMILES string of the molecule is CNC(=O)[C@H]1CCCN(C(=O)[C@@H]2CCCN(C(C)=O)C2)C1.CNC(=O)[C@H]1CCCN(C(=O)[C@@H]2CCCN(C)C2)C1. The molecule has 4 aliphatic rings. The number of carbonyl (C=O) groups excluding carboxylic acids is 5. The van der Waals surface area contributed by atoms with Crippen LogP contribution < -0.4 is 10.6 Å². The van der Waals surface area contributed by atoms with E-state index in [4.69, 9.17) is 0 Å². The minimum Gasteiger partial charge on any atom is -0.359 e. The zero-order valence-corrected chi connectivity index (χ0v) is 25.0. The molecule has 40 heavy (non-hydrogen) atoms. The lowest BCUT2D eigenvalue weighted by Crippen LogP contribution is -2.50. The molecular formula is C29H50N6O5. The Morgan fingerprint density at radius 3 is 1.35 bits per heavy atom. The summed E-state index contributed by atoms with van der Waals surface area (Å²) in [6.07, 6.45) is 7.34. The maximum Gasteiger partial charge on any atom is 0.227 e. The largest absolute Gasteiger partial charge is 0.359 e. The monoisotopic (exact) mass is 562 g/mol. The molecule has 0 aromatic rings. The van der Waals surface area contributed by atoms with Crippen LogP contribution in [0.3, 0.4) is 0 Å². The van der Waals surface area contributed by atoms with Crippen molar-refractivity contribution in [3.63, 3.8) is 0 Å². The van der Waals surface area contributed by atoms with Gasteiger partial charge in [-0.3, -0.25) is 24.0 Å². The van der Waals surface area contributed by atoms with Crippen molar-refractivity contribution >= 4 is 29.5 Å². The first-order chi connectivity index (χ1) is 19.1. The Kier molecular flexibility index (Phi) is 12.2. The van der Waals surface area contributed by atoms with Crippen molar-refractivity contribution in [1.29, 1.82) is 0 Å². The van der Waals surface area contributed by atoms with Crippen molar-refractivity contribution in [2.24, 2.45) is 23.7 Å². The van der Waals surface area contributed by atoms with E-state index in [2.05, 4.69) is 22.6 Å². The predicted molar refractivity (Wildman–Crippen MR) is 152 cm³/mol. The molecule has 226 valence electrons. The van der Waals surface area contributed by atoms with Gasteiger partial charge in [0.05, 0.1) is 23.7 Å².